The summed E-state index contributed by atoms with van der Waals surface area (Å²) in [5.41, 5.74) is 0.642. The smallest absolute Gasteiger partial charge is 0.416 e. The highest BCUT2D eigenvalue weighted by Crippen LogP contribution is 2.31. The summed E-state index contributed by atoms with van der Waals surface area (Å²) in [5, 5.41) is 7.31. The molecule has 4 aromatic rings. The van der Waals surface area contributed by atoms with Crippen molar-refractivity contribution < 1.29 is 27.2 Å². The molecule has 5 rings (SSSR count). The van der Waals surface area contributed by atoms with Gasteiger partial charge in [-0.1, -0.05) is 17.3 Å². The number of hydrogen-bond acceptors (Lipinski definition) is 6. The summed E-state index contributed by atoms with van der Waals surface area (Å²) < 4.78 is 49.1. The van der Waals surface area contributed by atoms with Gasteiger partial charge in [0.05, 0.1) is 10.9 Å². The third-order valence-corrected chi connectivity index (χ3v) is 5.86. The van der Waals surface area contributed by atoms with Gasteiger partial charge in [-0.2, -0.15) is 13.2 Å². The van der Waals surface area contributed by atoms with E-state index in [0.29, 0.717) is 61.1 Å². The lowest BCUT2D eigenvalue weighted by atomic mass is 10.2. The number of hydrogen-bond donors (Lipinski definition) is 1. The molecule has 1 N–H and O–H groups in total. The number of carbonyl (C=O) groups is 1. The molecule has 2 amide bonds. The van der Waals surface area contributed by atoms with Gasteiger partial charge in [0.2, 0.25) is 0 Å². The van der Waals surface area contributed by atoms with Crippen molar-refractivity contribution in [3.63, 3.8) is 0 Å². The lowest BCUT2D eigenvalue weighted by Crippen LogP contribution is -2.49. The number of amides is 2. The first-order valence-electron chi connectivity index (χ1n) is 11.3. The Hall–Kier alpha value is -4.12. The highest BCUT2D eigenvalue weighted by atomic mass is 19.4. The number of piperazine rings is 1. The molecule has 1 fully saturated rings. The number of ether oxygens (including phenoxy) is 1. The van der Waals surface area contributed by atoms with Crippen molar-refractivity contribution in [2.45, 2.75) is 12.7 Å². The normalized spacial score (nSPS) is 14.7. The maximum Gasteiger partial charge on any atom is 0.416 e. The van der Waals surface area contributed by atoms with Gasteiger partial charge in [0.15, 0.2) is 5.82 Å². The number of benzene rings is 2. The largest absolute Gasteiger partial charge is 0.457 e. The second-order valence-corrected chi connectivity index (χ2v) is 8.35. The first-order chi connectivity index (χ1) is 17.3. The van der Waals surface area contributed by atoms with E-state index in [0.717, 1.165) is 17.7 Å². The molecule has 2 aromatic heterocycles. The van der Waals surface area contributed by atoms with Gasteiger partial charge in [-0.15, -0.1) is 0 Å². The van der Waals surface area contributed by atoms with Crippen LogP contribution in [0.15, 0.2) is 71.4 Å². The number of fused-ring (bicyclic) bond motifs is 1. The van der Waals surface area contributed by atoms with Gasteiger partial charge in [-0.05, 0) is 54.1 Å². The zero-order valence-electron chi connectivity index (χ0n) is 19.0. The van der Waals surface area contributed by atoms with Gasteiger partial charge >= 0.3 is 12.2 Å². The first-order valence-corrected chi connectivity index (χ1v) is 11.3. The fourth-order valence-electron chi connectivity index (χ4n) is 3.97. The van der Waals surface area contributed by atoms with Crippen LogP contribution < -0.4 is 10.1 Å². The third kappa shape index (κ3) is 5.41. The van der Waals surface area contributed by atoms with E-state index in [4.69, 9.17) is 9.26 Å². The van der Waals surface area contributed by atoms with Crippen LogP contribution in [0.5, 0.6) is 11.5 Å². The standard InChI is InChI=1S/C25H22F3N5O3/c26-25(27,28)18-6-8-19(9-7-18)35-20-4-1-3-17(15-20)16-32-11-13-33(14-12-32)24(34)30-22-21-5-2-10-29-23(21)36-31-22/h1-10,15H,11-14,16H2,(H,30,31,34). The Morgan fingerprint density at radius 1 is 1.00 bits per heavy atom. The summed E-state index contributed by atoms with van der Waals surface area (Å²) in [7, 11) is 0. The summed E-state index contributed by atoms with van der Waals surface area (Å²) >= 11 is 0. The molecule has 1 aliphatic rings. The number of anilines is 1. The Balaban J connectivity index is 1.14. The third-order valence-electron chi connectivity index (χ3n) is 5.86. The molecule has 0 radical (unpaired) electrons. The maximum atomic E-state index is 12.8. The zero-order chi connectivity index (χ0) is 25.1. The molecule has 8 nitrogen and oxygen atoms in total. The Morgan fingerprint density at radius 2 is 1.78 bits per heavy atom. The van der Waals surface area contributed by atoms with Crippen LogP contribution in [0.4, 0.5) is 23.8 Å². The first kappa shape index (κ1) is 23.6. The average Bonchev–Trinajstić information content (AvgIpc) is 3.27. The number of nitrogens with zero attached hydrogens (tertiary/aromatic N) is 4. The Labute approximate surface area is 204 Å². The van der Waals surface area contributed by atoms with Gasteiger partial charge in [0.25, 0.3) is 5.71 Å². The number of nitrogens with one attached hydrogen (secondary N) is 1. The van der Waals surface area contributed by atoms with Crippen molar-refractivity contribution in [1.82, 2.24) is 19.9 Å². The van der Waals surface area contributed by atoms with Gasteiger partial charge < -0.3 is 14.2 Å². The number of carbonyl (C=O) groups excluding carboxylic acids is 1. The Bertz CT molecular complexity index is 1350. The van der Waals surface area contributed by atoms with E-state index in [1.54, 1.807) is 29.3 Å². The molecule has 0 bridgehead atoms. The van der Waals surface area contributed by atoms with Crippen LogP contribution in [0.25, 0.3) is 11.1 Å². The molecule has 1 aliphatic heterocycles. The van der Waals surface area contributed by atoms with Crippen molar-refractivity contribution in [3.8, 4) is 11.5 Å². The molecule has 0 aliphatic carbocycles. The molecule has 3 heterocycles. The van der Waals surface area contributed by atoms with E-state index in [1.807, 2.05) is 18.2 Å². The van der Waals surface area contributed by atoms with Gasteiger partial charge in [-0.3, -0.25) is 10.2 Å². The van der Waals surface area contributed by atoms with Crippen LogP contribution in [-0.4, -0.2) is 52.2 Å². The van der Waals surface area contributed by atoms with Crippen LogP contribution in [0.1, 0.15) is 11.1 Å². The molecule has 2 aromatic carbocycles. The van der Waals surface area contributed by atoms with Crippen molar-refractivity contribution >= 4 is 22.9 Å². The van der Waals surface area contributed by atoms with Crippen LogP contribution in [0.3, 0.4) is 0 Å². The minimum atomic E-state index is -4.38. The monoisotopic (exact) mass is 497 g/mol. The number of alkyl halides is 3. The molecule has 36 heavy (non-hydrogen) atoms. The minimum Gasteiger partial charge on any atom is -0.457 e. The molecule has 0 spiro atoms. The Morgan fingerprint density at radius 3 is 2.53 bits per heavy atom. The average molecular weight is 497 g/mol. The van der Waals surface area contributed by atoms with Crippen molar-refractivity contribution in [1.29, 1.82) is 0 Å². The topological polar surface area (TPSA) is 83.7 Å². The number of pyridine rings is 1. The SMILES string of the molecule is O=C(Nc1noc2ncccc12)N1CCN(Cc2cccc(Oc3ccc(C(F)(F)F)cc3)c2)CC1. The molecular weight excluding hydrogens is 475 g/mol. The quantitative estimate of drug-likeness (QED) is 0.399. The van der Waals surface area contributed by atoms with Crippen LogP contribution in [0, 0.1) is 0 Å². The highest BCUT2D eigenvalue weighted by Gasteiger charge is 2.30. The second kappa shape index (κ2) is 9.86. The van der Waals surface area contributed by atoms with Gasteiger partial charge in [-0.25, -0.2) is 9.78 Å². The fourth-order valence-corrected chi connectivity index (χ4v) is 3.97. The van der Waals surface area contributed by atoms with E-state index in [-0.39, 0.29) is 6.03 Å². The van der Waals surface area contributed by atoms with E-state index in [1.165, 1.54) is 12.1 Å². The van der Waals surface area contributed by atoms with Crippen molar-refractivity contribution in [2.24, 2.45) is 0 Å². The van der Waals surface area contributed by atoms with E-state index >= 15 is 0 Å². The summed E-state index contributed by atoms with van der Waals surface area (Å²) in [4.78, 5) is 20.7. The van der Waals surface area contributed by atoms with E-state index in [2.05, 4.69) is 20.4 Å². The molecule has 186 valence electrons. The minimum absolute atomic E-state index is 0.249. The van der Waals surface area contributed by atoms with Crippen molar-refractivity contribution in [3.05, 3.63) is 78.0 Å². The van der Waals surface area contributed by atoms with E-state index < -0.39 is 11.7 Å². The van der Waals surface area contributed by atoms with Crippen LogP contribution >= 0.6 is 0 Å². The fraction of sp³-hybridized carbons (Fsp3) is 0.240. The number of rotatable bonds is 5. The zero-order valence-corrected chi connectivity index (χ0v) is 19.0. The molecular formula is C25H22F3N5O3. The Kier molecular flexibility index (Phi) is 6.47. The number of halogens is 3. The molecule has 0 atom stereocenters. The second-order valence-electron chi connectivity index (χ2n) is 8.35. The number of urea groups is 1. The lowest BCUT2D eigenvalue weighted by Gasteiger charge is -2.34. The maximum absolute atomic E-state index is 12.8. The molecule has 1 saturated heterocycles. The van der Waals surface area contributed by atoms with Gasteiger partial charge in [0, 0.05) is 38.9 Å². The molecule has 0 unspecified atom stereocenters. The summed E-state index contributed by atoms with van der Waals surface area (Å²) in [6.07, 6.45) is -2.79. The highest BCUT2D eigenvalue weighted by molar-refractivity contribution is 5.97. The van der Waals surface area contributed by atoms with Crippen LogP contribution in [-0.2, 0) is 12.7 Å². The molecule has 11 heteroatoms. The summed E-state index contributed by atoms with van der Waals surface area (Å²) in [5.74, 6) is 1.21. The summed E-state index contributed by atoms with van der Waals surface area (Å²) in [6, 6.07) is 15.3. The lowest BCUT2D eigenvalue weighted by molar-refractivity contribution is -0.137. The van der Waals surface area contributed by atoms with Gasteiger partial charge in [0.1, 0.15) is 11.5 Å². The predicted octanol–water partition coefficient (Wildman–Crippen LogP) is 5.38. The predicted molar refractivity (Wildman–Crippen MR) is 126 cm³/mol. The number of aromatic nitrogens is 2. The van der Waals surface area contributed by atoms with Crippen LogP contribution in [0.2, 0.25) is 0 Å². The van der Waals surface area contributed by atoms with E-state index in [9.17, 15) is 18.0 Å². The van der Waals surface area contributed by atoms with Crippen molar-refractivity contribution in [2.75, 3.05) is 31.5 Å². The molecule has 0 saturated carbocycles. The summed E-state index contributed by atoms with van der Waals surface area (Å²) in [6.45, 7) is 3.10.